The Morgan fingerprint density at radius 1 is 1.50 bits per heavy atom. The summed E-state index contributed by atoms with van der Waals surface area (Å²) in [5, 5.41) is 2.94. The van der Waals surface area contributed by atoms with Crippen molar-refractivity contribution in [3.63, 3.8) is 0 Å². The Morgan fingerprint density at radius 3 is 2.85 bits per heavy atom. The Morgan fingerprint density at radius 2 is 2.25 bits per heavy atom. The molecule has 1 atom stereocenters. The van der Waals surface area contributed by atoms with Gasteiger partial charge in [-0.15, -0.1) is 0 Å². The molecular weight excluding hydrogens is 322 g/mol. The molecule has 2 fully saturated rings. The highest BCUT2D eigenvalue weighted by atomic mass is 79.9. The summed E-state index contributed by atoms with van der Waals surface area (Å²) in [7, 11) is 1.84. The van der Waals surface area contributed by atoms with Gasteiger partial charge >= 0.3 is 0 Å². The second-order valence-electron chi connectivity index (χ2n) is 5.71. The molecule has 1 N–H and O–H groups in total. The Bertz CT molecular complexity index is 551. The van der Waals surface area contributed by atoms with Crippen molar-refractivity contribution in [2.45, 2.75) is 25.3 Å². The van der Waals surface area contributed by atoms with Crippen LogP contribution in [0.4, 0.5) is 0 Å². The van der Waals surface area contributed by atoms with E-state index in [0.29, 0.717) is 24.7 Å². The third-order valence-electron chi connectivity index (χ3n) is 3.98. The van der Waals surface area contributed by atoms with Gasteiger partial charge < -0.3 is 14.8 Å². The van der Waals surface area contributed by atoms with Crippen LogP contribution in [-0.4, -0.2) is 40.4 Å². The van der Waals surface area contributed by atoms with Crippen molar-refractivity contribution < 1.29 is 9.59 Å². The van der Waals surface area contributed by atoms with Gasteiger partial charge in [0.05, 0.1) is 0 Å². The molecular formula is C14H18BrN3O2. The molecule has 1 saturated carbocycles. The summed E-state index contributed by atoms with van der Waals surface area (Å²) in [6, 6.07) is 2.28. The number of amides is 2. The van der Waals surface area contributed by atoms with Crippen LogP contribution in [0.2, 0.25) is 0 Å². The molecule has 0 radical (unpaired) electrons. The van der Waals surface area contributed by atoms with E-state index in [4.69, 9.17) is 0 Å². The van der Waals surface area contributed by atoms with Crippen molar-refractivity contribution >= 4 is 27.7 Å². The SMILES string of the molecule is Cn1cc(Br)cc1C(=O)NC[C@@H]1CC(=O)N(C2CC2)C1. The van der Waals surface area contributed by atoms with Gasteiger partial charge in [-0.2, -0.15) is 0 Å². The third kappa shape index (κ3) is 2.75. The van der Waals surface area contributed by atoms with E-state index in [1.807, 2.05) is 18.1 Å². The Hall–Kier alpha value is -1.30. The lowest BCUT2D eigenvalue weighted by Gasteiger charge is -2.15. The van der Waals surface area contributed by atoms with Crippen molar-refractivity contribution in [2.24, 2.45) is 13.0 Å². The van der Waals surface area contributed by atoms with Gasteiger partial charge in [0.2, 0.25) is 5.91 Å². The fourth-order valence-corrected chi connectivity index (χ4v) is 3.29. The molecule has 2 amide bonds. The molecule has 1 aliphatic carbocycles. The molecule has 6 heteroatoms. The number of carbonyl (C=O) groups is 2. The van der Waals surface area contributed by atoms with E-state index in [1.165, 1.54) is 0 Å². The van der Waals surface area contributed by atoms with Crippen molar-refractivity contribution in [3.05, 3.63) is 22.4 Å². The van der Waals surface area contributed by atoms with Crippen molar-refractivity contribution in [3.8, 4) is 0 Å². The lowest BCUT2D eigenvalue weighted by Crippen LogP contribution is -2.32. The van der Waals surface area contributed by atoms with Crippen LogP contribution in [0.15, 0.2) is 16.7 Å². The first-order chi connectivity index (χ1) is 9.54. The van der Waals surface area contributed by atoms with E-state index < -0.39 is 0 Å². The van der Waals surface area contributed by atoms with Crippen LogP contribution in [0, 0.1) is 5.92 Å². The number of likely N-dealkylation sites (tertiary alicyclic amines) is 1. The second kappa shape index (κ2) is 5.24. The van der Waals surface area contributed by atoms with Crippen LogP contribution in [0.3, 0.4) is 0 Å². The number of carbonyl (C=O) groups excluding carboxylic acids is 2. The van der Waals surface area contributed by atoms with Gasteiger partial charge in [0.15, 0.2) is 0 Å². The molecule has 0 spiro atoms. The fraction of sp³-hybridized carbons (Fsp3) is 0.571. The molecule has 1 aliphatic heterocycles. The molecule has 1 saturated heterocycles. The summed E-state index contributed by atoms with van der Waals surface area (Å²) in [6.07, 6.45) is 4.70. The van der Waals surface area contributed by atoms with Crippen LogP contribution < -0.4 is 5.32 Å². The number of hydrogen-bond acceptors (Lipinski definition) is 2. The summed E-state index contributed by atoms with van der Waals surface area (Å²) in [6.45, 7) is 1.36. The summed E-state index contributed by atoms with van der Waals surface area (Å²) >= 11 is 3.36. The maximum absolute atomic E-state index is 12.1. The molecule has 2 aliphatic rings. The summed E-state index contributed by atoms with van der Waals surface area (Å²) in [4.78, 5) is 25.9. The quantitative estimate of drug-likeness (QED) is 0.904. The zero-order chi connectivity index (χ0) is 14.3. The van der Waals surface area contributed by atoms with Crippen molar-refractivity contribution in [1.29, 1.82) is 0 Å². The van der Waals surface area contributed by atoms with E-state index in [1.54, 1.807) is 10.6 Å². The van der Waals surface area contributed by atoms with Crippen LogP contribution in [0.5, 0.6) is 0 Å². The van der Waals surface area contributed by atoms with E-state index in [2.05, 4.69) is 21.2 Å². The highest BCUT2D eigenvalue weighted by molar-refractivity contribution is 9.10. The van der Waals surface area contributed by atoms with Gasteiger partial charge in [0.25, 0.3) is 5.91 Å². The monoisotopic (exact) mass is 339 g/mol. The largest absolute Gasteiger partial charge is 0.350 e. The molecule has 1 aromatic rings. The van der Waals surface area contributed by atoms with E-state index in [0.717, 1.165) is 23.9 Å². The molecule has 3 rings (SSSR count). The molecule has 108 valence electrons. The normalized spacial score (nSPS) is 22.4. The van der Waals surface area contributed by atoms with Crippen LogP contribution in [-0.2, 0) is 11.8 Å². The Labute approximate surface area is 126 Å². The van der Waals surface area contributed by atoms with E-state index in [9.17, 15) is 9.59 Å². The summed E-state index contributed by atoms with van der Waals surface area (Å²) < 4.78 is 2.68. The van der Waals surface area contributed by atoms with E-state index >= 15 is 0 Å². The molecule has 0 unspecified atom stereocenters. The van der Waals surface area contributed by atoms with Crippen LogP contribution in [0.25, 0.3) is 0 Å². The van der Waals surface area contributed by atoms with Gasteiger partial charge in [-0.05, 0) is 34.8 Å². The second-order valence-corrected chi connectivity index (χ2v) is 6.63. The maximum atomic E-state index is 12.1. The van der Waals surface area contributed by atoms with Crippen molar-refractivity contribution in [1.82, 2.24) is 14.8 Å². The number of aryl methyl sites for hydroxylation is 1. The topological polar surface area (TPSA) is 54.3 Å². The number of halogens is 1. The fourth-order valence-electron chi connectivity index (χ4n) is 2.76. The molecule has 1 aromatic heterocycles. The average Bonchev–Trinajstić information content (AvgIpc) is 3.09. The zero-order valence-corrected chi connectivity index (χ0v) is 13.0. The standard InChI is InChI=1S/C14H18BrN3O2/c1-17-8-10(15)5-12(17)14(20)16-6-9-4-13(19)18(7-9)11-2-3-11/h5,8-9,11H,2-4,6-7H2,1H3,(H,16,20)/t9-/m0/s1. The van der Waals surface area contributed by atoms with Gasteiger partial charge in [-0.3, -0.25) is 9.59 Å². The van der Waals surface area contributed by atoms with Gasteiger partial charge in [-0.25, -0.2) is 0 Å². The number of aromatic nitrogens is 1. The van der Waals surface area contributed by atoms with Crippen molar-refractivity contribution in [2.75, 3.05) is 13.1 Å². The van der Waals surface area contributed by atoms with E-state index in [-0.39, 0.29) is 17.7 Å². The lowest BCUT2D eigenvalue weighted by atomic mass is 10.1. The Kier molecular flexibility index (Phi) is 3.58. The van der Waals surface area contributed by atoms with Gasteiger partial charge in [0, 0.05) is 49.2 Å². The van der Waals surface area contributed by atoms with Gasteiger partial charge in [0.1, 0.15) is 5.69 Å². The highest BCUT2D eigenvalue weighted by Crippen LogP contribution is 2.32. The number of nitrogens with one attached hydrogen (secondary N) is 1. The summed E-state index contributed by atoms with van der Waals surface area (Å²) in [5.74, 6) is 0.402. The lowest BCUT2D eigenvalue weighted by molar-refractivity contribution is -0.128. The smallest absolute Gasteiger partial charge is 0.267 e. The molecule has 0 aromatic carbocycles. The first-order valence-electron chi connectivity index (χ1n) is 6.94. The predicted molar refractivity (Wildman–Crippen MR) is 78.3 cm³/mol. The summed E-state index contributed by atoms with van der Waals surface area (Å²) in [5.41, 5.74) is 0.625. The van der Waals surface area contributed by atoms with Crippen LogP contribution >= 0.6 is 15.9 Å². The minimum Gasteiger partial charge on any atom is -0.350 e. The Balaban J connectivity index is 1.53. The zero-order valence-electron chi connectivity index (χ0n) is 11.4. The number of nitrogens with zero attached hydrogens (tertiary/aromatic N) is 2. The maximum Gasteiger partial charge on any atom is 0.267 e. The van der Waals surface area contributed by atoms with Crippen LogP contribution in [0.1, 0.15) is 29.8 Å². The average molecular weight is 340 g/mol. The first kappa shape index (κ1) is 13.7. The highest BCUT2D eigenvalue weighted by Gasteiger charge is 2.39. The molecule has 20 heavy (non-hydrogen) atoms. The predicted octanol–water partition coefficient (Wildman–Crippen LogP) is 1.53. The molecule has 5 nitrogen and oxygen atoms in total. The molecule has 2 heterocycles. The first-order valence-corrected chi connectivity index (χ1v) is 7.73. The number of rotatable bonds is 4. The number of hydrogen-bond donors (Lipinski definition) is 1. The minimum absolute atomic E-state index is 0.0875. The molecule has 0 bridgehead atoms. The third-order valence-corrected chi connectivity index (χ3v) is 4.42. The minimum atomic E-state index is -0.0875. The van der Waals surface area contributed by atoms with Gasteiger partial charge in [-0.1, -0.05) is 0 Å².